The molecule has 2 aliphatic heterocycles. The van der Waals surface area contributed by atoms with Gasteiger partial charge in [0.05, 0.1) is 18.8 Å². The van der Waals surface area contributed by atoms with Crippen molar-refractivity contribution in [3.8, 4) is 11.5 Å². The highest BCUT2D eigenvalue weighted by molar-refractivity contribution is 6.08. The van der Waals surface area contributed by atoms with Gasteiger partial charge in [-0.05, 0) is 74.2 Å². The van der Waals surface area contributed by atoms with Gasteiger partial charge in [0.25, 0.3) is 0 Å². The third-order valence-corrected chi connectivity index (χ3v) is 5.39. The van der Waals surface area contributed by atoms with Crippen molar-refractivity contribution in [2.75, 3.05) is 13.2 Å². The first-order chi connectivity index (χ1) is 15.6. The van der Waals surface area contributed by atoms with Gasteiger partial charge in [0.15, 0.2) is 18.4 Å². The molecule has 32 heavy (non-hydrogen) atoms. The number of allylic oxidation sites excluding steroid dienone is 1. The SMILES string of the molecule is O=C(/C=C/c1cc(F)ccc1F)c1cc(OC2CCCCO2)ccc1OC1CCCCO1. The van der Waals surface area contributed by atoms with Crippen LogP contribution in [-0.2, 0) is 9.47 Å². The normalized spacial score (nSPS) is 21.4. The number of carbonyl (C=O) groups excluding carboxylic acids is 1. The number of ether oxygens (including phenoxy) is 4. The van der Waals surface area contributed by atoms with E-state index in [4.69, 9.17) is 18.9 Å². The number of halogens is 2. The molecule has 0 aliphatic carbocycles. The Morgan fingerprint density at radius 1 is 0.906 bits per heavy atom. The fraction of sp³-hybridized carbons (Fsp3) is 0.400. The lowest BCUT2D eigenvalue weighted by Crippen LogP contribution is -2.26. The molecule has 0 bridgehead atoms. The van der Waals surface area contributed by atoms with Crippen molar-refractivity contribution >= 4 is 11.9 Å². The van der Waals surface area contributed by atoms with Crippen molar-refractivity contribution < 1.29 is 32.5 Å². The Bertz CT molecular complexity index is 963. The Labute approximate surface area is 185 Å². The van der Waals surface area contributed by atoms with Gasteiger partial charge >= 0.3 is 0 Å². The summed E-state index contributed by atoms with van der Waals surface area (Å²) in [5, 5.41) is 0. The Kier molecular flexibility index (Phi) is 7.50. The molecule has 4 rings (SSSR count). The van der Waals surface area contributed by atoms with E-state index in [1.807, 2.05) is 0 Å². The highest BCUT2D eigenvalue weighted by atomic mass is 19.1. The summed E-state index contributed by atoms with van der Waals surface area (Å²) in [4.78, 5) is 13.0. The van der Waals surface area contributed by atoms with E-state index < -0.39 is 23.7 Å². The molecule has 2 aliphatic rings. The van der Waals surface area contributed by atoms with E-state index in [9.17, 15) is 13.6 Å². The first-order valence-electron chi connectivity index (χ1n) is 11.0. The lowest BCUT2D eigenvalue weighted by atomic mass is 10.1. The van der Waals surface area contributed by atoms with Gasteiger partial charge in [0, 0.05) is 18.4 Å². The number of benzene rings is 2. The zero-order chi connectivity index (χ0) is 22.3. The number of hydrogen-bond donors (Lipinski definition) is 0. The molecular weight excluding hydrogens is 418 g/mol. The van der Waals surface area contributed by atoms with Crippen LogP contribution in [0.3, 0.4) is 0 Å². The zero-order valence-corrected chi connectivity index (χ0v) is 17.7. The van der Waals surface area contributed by atoms with Crippen LogP contribution in [0.1, 0.15) is 54.4 Å². The predicted molar refractivity (Wildman–Crippen MR) is 115 cm³/mol. The Balaban J connectivity index is 1.57. The molecule has 170 valence electrons. The van der Waals surface area contributed by atoms with Gasteiger partial charge in [-0.3, -0.25) is 4.79 Å². The summed E-state index contributed by atoms with van der Waals surface area (Å²) in [6.45, 7) is 1.24. The molecule has 0 aromatic heterocycles. The summed E-state index contributed by atoms with van der Waals surface area (Å²) in [6.07, 6.45) is 7.11. The Hall–Kier alpha value is -2.77. The van der Waals surface area contributed by atoms with Gasteiger partial charge in [0.2, 0.25) is 0 Å². The molecule has 2 atom stereocenters. The minimum Gasteiger partial charge on any atom is -0.465 e. The summed E-state index contributed by atoms with van der Waals surface area (Å²) >= 11 is 0. The van der Waals surface area contributed by atoms with Crippen LogP contribution in [0.15, 0.2) is 42.5 Å². The summed E-state index contributed by atoms with van der Waals surface area (Å²) in [7, 11) is 0. The Morgan fingerprint density at radius 2 is 1.62 bits per heavy atom. The molecule has 0 spiro atoms. The van der Waals surface area contributed by atoms with Crippen LogP contribution in [0, 0.1) is 11.6 Å². The first kappa shape index (κ1) is 22.4. The number of ketones is 1. The second kappa shape index (κ2) is 10.7. The predicted octanol–water partition coefficient (Wildman–Crippen LogP) is 5.67. The molecule has 2 aromatic carbocycles. The van der Waals surface area contributed by atoms with E-state index in [1.54, 1.807) is 18.2 Å². The lowest BCUT2D eigenvalue weighted by molar-refractivity contribution is -0.107. The van der Waals surface area contributed by atoms with Crippen LogP contribution < -0.4 is 9.47 Å². The minimum atomic E-state index is -0.617. The van der Waals surface area contributed by atoms with Crippen molar-refractivity contribution in [2.45, 2.75) is 51.1 Å². The Morgan fingerprint density at radius 3 is 2.31 bits per heavy atom. The molecule has 5 nitrogen and oxygen atoms in total. The van der Waals surface area contributed by atoms with Crippen LogP contribution in [0.5, 0.6) is 11.5 Å². The second-order valence-electron chi connectivity index (χ2n) is 7.85. The molecule has 0 radical (unpaired) electrons. The van der Waals surface area contributed by atoms with E-state index >= 15 is 0 Å². The van der Waals surface area contributed by atoms with Crippen molar-refractivity contribution in [1.82, 2.24) is 0 Å². The van der Waals surface area contributed by atoms with Crippen LogP contribution in [0.25, 0.3) is 6.08 Å². The standard InChI is InChI=1S/C25H26F2O5/c26-18-8-10-21(27)17(15-18)7-11-22(28)20-16-19(31-24-5-1-3-13-29-24)9-12-23(20)32-25-6-2-4-14-30-25/h7-12,15-16,24-25H,1-6,13-14H2/b11-7+. The summed E-state index contributed by atoms with van der Waals surface area (Å²) in [5.41, 5.74) is 0.236. The quantitative estimate of drug-likeness (QED) is 0.407. The molecular formula is C25H26F2O5. The first-order valence-corrected chi connectivity index (χ1v) is 11.0. The van der Waals surface area contributed by atoms with E-state index in [2.05, 4.69) is 0 Å². The van der Waals surface area contributed by atoms with Gasteiger partial charge in [0.1, 0.15) is 23.1 Å². The van der Waals surface area contributed by atoms with Gasteiger partial charge in [-0.2, -0.15) is 0 Å². The molecule has 0 saturated carbocycles. The molecule has 7 heteroatoms. The average Bonchev–Trinajstić information content (AvgIpc) is 2.82. The summed E-state index contributed by atoms with van der Waals surface area (Å²) < 4.78 is 50.5. The topological polar surface area (TPSA) is 54.0 Å². The average molecular weight is 444 g/mol. The van der Waals surface area contributed by atoms with Crippen molar-refractivity contribution in [1.29, 1.82) is 0 Å². The molecule has 0 N–H and O–H groups in total. The maximum Gasteiger partial charge on any atom is 0.199 e. The molecule has 2 saturated heterocycles. The second-order valence-corrected chi connectivity index (χ2v) is 7.85. The van der Waals surface area contributed by atoms with Crippen LogP contribution in [-0.4, -0.2) is 31.6 Å². The largest absolute Gasteiger partial charge is 0.465 e. The fourth-order valence-electron chi connectivity index (χ4n) is 3.68. The van der Waals surface area contributed by atoms with E-state index in [0.29, 0.717) is 24.7 Å². The number of rotatable bonds is 7. The molecule has 2 fully saturated rings. The maximum atomic E-state index is 13.9. The zero-order valence-electron chi connectivity index (χ0n) is 17.7. The number of carbonyl (C=O) groups is 1. The third-order valence-electron chi connectivity index (χ3n) is 5.39. The summed E-state index contributed by atoms with van der Waals surface area (Å²) in [5.74, 6) is -0.797. The van der Waals surface area contributed by atoms with Gasteiger partial charge in [-0.1, -0.05) is 0 Å². The number of hydrogen-bond acceptors (Lipinski definition) is 5. The van der Waals surface area contributed by atoms with Crippen LogP contribution >= 0.6 is 0 Å². The highest BCUT2D eigenvalue weighted by Crippen LogP contribution is 2.30. The minimum absolute atomic E-state index is 0.0144. The van der Waals surface area contributed by atoms with E-state index in [-0.39, 0.29) is 17.4 Å². The lowest BCUT2D eigenvalue weighted by Gasteiger charge is -2.25. The fourth-order valence-corrected chi connectivity index (χ4v) is 3.68. The van der Waals surface area contributed by atoms with Gasteiger partial charge in [-0.15, -0.1) is 0 Å². The van der Waals surface area contributed by atoms with Gasteiger partial charge in [-0.25, -0.2) is 8.78 Å². The summed E-state index contributed by atoms with van der Waals surface area (Å²) in [6, 6.07) is 8.06. The molecule has 0 amide bonds. The molecule has 2 aromatic rings. The van der Waals surface area contributed by atoms with Crippen LogP contribution in [0.4, 0.5) is 8.78 Å². The smallest absolute Gasteiger partial charge is 0.199 e. The van der Waals surface area contributed by atoms with Crippen molar-refractivity contribution in [3.63, 3.8) is 0 Å². The monoisotopic (exact) mass is 444 g/mol. The maximum absolute atomic E-state index is 13.9. The third kappa shape index (κ3) is 5.93. The van der Waals surface area contributed by atoms with Gasteiger partial charge < -0.3 is 18.9 Å². The molecule has 2 unspecified atom stereocenters. The van der Waals surface area contributed by atoms with Crippen molar-refractivity contribution in [3.05, 3.63) is 65.2 Å². The van der Waals surface area contributed by atoms with Crippen LogP contribution in [0.2, 0.25) is 0 Å². The van der Waals surface area contributed by atoms with Crippen molar-refractivity contribution in [2.24, 2.45) is 0 Å². The molecule has 2 heterocycles. The van der Waals surface area contributed by atoms with E-state index in [0.717, 1.165) is 56.7 Å². The van der Waals surface area contributed by atoms with E-state index in [1.165, 1.54) is 12.2 Å². The highest BCUT2D eigenvalue weighted by Gasteiger charge is 2.21.